The Morgan fingerprint density at radius 1 is 1.25 bits per heavy atom. The molecule has 0 radical (unpaired) electrons. The zero-order chi connectivity index (χ0) is 11.9. The highest BCUT2D eigenvalue weighted by atomic mass is 16.9. The smallest absolute Gasteiger partial charge is 0.282 e. The zero-order valence-electron chi connectivity index (χ0n) is 9.07. The van der Waals surface area contributed by atoms with E-state index >= 15 is 0 Å². The molecule has 0 spiro atoms. The van der Waals surface area contributed by atoms with E-state index in [0.717, 1.165) is 0 Å². The van der Waals surface area contributed by atoms with Gasteiger partial charge in [0.1, 0.15) is 24.4 Å². The number of fused-ring (bicyclic) bond motifs is 1. The third-order valence-corrected chi connectivity index (χ3v) is 2.88. The molecular weight excluding hydrogens is 220 g/mol. The zero-order valence-corrected chi connectivity index (χ0v) is 9.07. The topological polar surface area (TPSA) is 97.6 Å². The largest absolute Gasteiger partial charge is 0.394 e. The van der Waals surface area contributed by atoms with Gasteiger partial charge < -0.3 is 29.5 Å². The van der Waals surface area contributed by atoms with Crippen molar-refractivity contribution in [2.45, 2.75) is 43.6 Å². The maximum absolute atomic E-state index is 9.78. The molecule has 0 aromatic heterocycles. The van der Waals surface area contributed by atoms with Crippen molar-refractivity contribution < 1.29 is 34.3 Å². The summed E-state index contributed by atoms with van der Waals surface area (Å²) in [6, 6.07) is 0. The van der Waals surface area contributed by atoms with E-state index in [4.69, 9.17) is 24.1 Å². The van der Waals surface area contributed by atoms with Crippen LogP contribution < -0.4 is 0 Å². The fraction of sp³-hybridized carbons (Fsp3) is 1.00. The highest BCUT2D eigenvalue weighted by molar-refractivity contribution is 4.93. The second kappa shape index (κ2) is 4.19. The summed E-state index contributed by atoms with van der Waals surface area (Å²) in [5.41, 5.74) is 0. The quantitative estimate of drug-likeness (QED) is 0.518. The van der Waals surface area contributed by atoms with E-state index in [9.17, 15) is 10.2 Å². The maximum atomic E-state index is 9.78. The van der Waals surface area contributed by atoms with Crippen molar-refractivity contribution in [2.75, 3.05) is 13.7 Å². The van der Waals surface area contributed by atoms with E-state index in [1.54, 1.807) is 0 Å². The average molecular weight is 236 g/mol. The molecule has 2 saturated heterocycles. The van der Waals surface area contributed by atoms with Crippen LogP contribution in [0, 0.1) is 0 Å². The lowest BCUT2D eigenvalue weighted by atomic mass is 9.99. The summed E-state index contributed by atoms with van der Waals surface area (Å²) in [5, 5.41) is 28.4. The van der Waals surface area contributed by atoms with Crippen molar-refractivity contribution in [1.29, 1.82) is 0 Å². The van der Waals surface area contributed by atoms with Gasteiger partial charge in [0, 0.05) is 14.0 Å². The molecule has 0 aliphatic carbocycles. The summed E-state index contributed by atoms with van der Waals surface area (Å²) in [6.07, 6.45) is -4.98. The van der Waals surface area contributed by atoms with Crippen molar-refractivity contribution in [3.8, 4) is 0 Å². The van der Waals surface area contributed by atoms with E-state index in [0.29, 0.717) is 0 Å². The molecule has 0 saturated carbocycles. The monoisotopic (exact) mass is 236 g/mol. The van der Waals surface area contributed by atoms with E-state index < -0.39 is 43.3 Å². The molecule has 3 N–H and O–H groups in total. The van der Waals surface area contributed by atoms with Gasteiger partial charge in [0.25, 0.3) is 5.97 Å². The van der Waals surface area contributed by atoms with Crippen molar-refractivity contribution >= 4 is 0 Å². The van der Waals surface area contributed by atoms with Crippen LogP contribution >= 0.6 is 0 Å². The molecule has 7 heteroatoms. The predicted octanol–water partition coefficient (Wildman–Crippen LogP) is -1.84. The van der Waals surface area contributed by atoms with Gasteiger partial charge in [-0.3, -0.25) is 4.74 Å². The summed E-state index contributed by atoms with van der Waals surface area (Å²) >= 11 is 0. The Kier molecular flexibility index (Phi) is 3.19. The molecule has 6 atom stereocenters. The number of rotatable bonds is 2. The Labute approximate surface area is 92.5 Å². The van der Waals surface area contributed by atoms with E-state index in [1.807, 2.05) is 0 Å². The van der Waals surface area contributed by atoms with Crippen LogP contribution in [0.3, 0.4) is 0 Å². The lowest BCUT2D eigenvalue weighted by Crippen LogP contribution is -2.57. The first kappa shape index (κ1) is 12.2. The molecular formula is C9H16O7. The minimum atomic E-state index is -1.31. The van der Waals surface area contributed by atoms with Crippen LogP contribution in [0.2, 0.25) is 0 Å². The Morgan fingerprint density at radius 2 is 1.94 bits per heavy atom. The molecule has 0 aromatic rings. The average Bonchev–Trinajstić information content (AvgIpc) is 2.62. The minimum absolute atomic E-state index is 0.408. The Bertz CT molecular complexity index is 260. The highest BCUT2D eigenvalue weighted by Crippen LogP contribution is 2.36. The van der Waals surface area contributed by atoms with Gasteiger partial charge in [-0.1, -0.05) is 0 Å². The minimum Gasteiger partial charge on any atom is -0.394 e. The number of hydrogen-bond acceptors (Lipinski definition) is 7. The standard InChI is InChI=1S/C9H16O7/c1-9(13-2)15-7-6(12)5(11)4(3-10)14-8(7)16-9/h4-8,10-12H,3H2,1-2H3/t4-,5+,6+,7-,8-,9-/m1/s1. The molecule has 2 aliphatic heterocycles. The lowest BCUT2D eigenvalue weighted by Gasteiger charge is -2.36. The second-order valence-electron chi connectivity index (χ2n) is 3.97. The number of ether oxygens (including phenoxy) is 4. The van der Waals surface area contributed by atoms with E-state index in [2.05, 4.69) is 0 Å². The SMILES string of the molecule is CO[C@@]1(C)O[C@H]2O[C@H](CO)[C@H](O)[C@H](O)[C@H]2O1. The fourth-order valence-corrected chi connectivity index (χ4v) is 1.86. The Hall–Kier alpha value is -0.280. The maximum Gasteiger partial charge on any atom is 0.282 e. The Balaban J connectivity index is 2.13. The first-order valence-electron chi connectivity index (χ1n) is 5.04. The van der Waals surface area contributed by atoms with Gasteiger partial charge in [-0.2, -0.15) is 0 Å². The number of aliphatic hydroxyl groups excluding tert-OH is 3. The van der Waals surface area contributed by atoms with Gasteiger partial charge >= 0.3 is 0 Å². The Morgan fingerprint density at radius 3 is 2.50 bits per heavy atom. The number of hydrogen-bond donors (Lipinski definition) is 3. The molecule has 0 unspecified atom stereocenters. The summed E-state index contributed by atoms with van der Waals surface area (Å²) in [6.45, 7) is 1.12. The van der Waals surface area contributed by atoms with Gasteiger partial charge in [-0.25, -0.2) is 0 Å². The second-order valence-corrected chi connectivity index (χ2v) is 3.97. The normalized spacial score (nSPS) is 52.7. The molecule has 0 aromatic carbocycles. The molecule has 0 amide bonds. The molecule has 2 aliphatic rings. The lowest BCUT2D eigenvalue weighted by molar-refractivity contribution is -0.334. The van der Waals surface area contributed by atoms with Crippen LogP contribution in [0.15, 0.2) is 0 Å². The summed E-state index contributed by atoms with van der Waals surface area (Å²) < 4.78 is 20.8. The molecule has 2 heterocycles. The highest BCUT2D eigenvalue weighted by Gasteiger charge is 2.55. The molecule has 2 fully saturated rings. The van der Waals surface area contributed by atoms with Gasteiger partial charge in [0.15, 0.2) is 6.29 Å². The van der Waals surface area contributed by atoms with Crippen LogP contribution in [0.25, 0.3) is 0 Å². The molecule has 7 nitrogen and oxygen atoms in total. The van der Waals surface area contributed by atoms with Crippen LogP contribution in [0.5, 0.6) is 0 Å². The number of aliphatic hydroxyl groups is 3. The van der Waals surface area contributed by atoms with Crippen LogP contribution in [-0.2, 0) is 18.9 Å². The van der Waals surface area contributed by atoms with Gasteiger partial charge in [0.05, 0.1) is 6.61 Å². The van der Waals surface area contributed by atoms with Crippen molar-refractivity contribution in [3.63, 3.8) is 0 Å². The summed E-state index contributed by atoms with van der Waals surface area (Å²) in [4.78, 5) is 0. The molecule has 2 rings (SSSR count). The van der Waals surface area contributed by atoms with Crippen molar-refractivity contribution in [3.05, 3.63) is 0 Å². The third-order valence-electron chi connectivity index (χ3n) is 2.88. The first-order chi connectivity index (χ1) is 7.50. The van der Waals surface area contributed by atoms with Crippen LogP contribution in [-0.4, -0.2) is 65.7 Å². The first-order valence-corrected chi connectivity index (χ1v) is 5.04. The van der Waals surface area contributed by atoms with Crippen LogP contribution in [0.1, 0.15) is 6.92 Å². The van der Waals surface area contributed by atoms with E-state index in [1.165, 1.54) is 14.0 Å². The van der Waals surface area contributed by atoms with Crippen molar-refractivity contribution in [2.24, 2.45) is 0 Å². The van der Waals surface area contributed by atoms with Crippen molar-refractivity contribution in [1.82, 2.24) is 0 Å². The number of methoxy groups -OCH3 is 1. The fourth-order valence-electron chi connectivity index (χ4n) is 1.86. The van der Waals surface area contributed by atoms with Gasteiger partial charge in [0.2, 0.25) is 0 Å². The summed E-state index contributed by atoms with van der Waals surface area (Å²) in [7, 11) is 1.39. The van der Waals surface area contributed by atoms with E-state index in [-0.39, 0.29) is 0 Å². The molecule has 16 heavy (non-hydrogen) atoms. The molecule has 94 valence electrons. The van der Waals surface area contributed by atoms with Crippen LogP contribution in [0.4, 0.5) is 0 Å². The third kappa shape index (κ3) is 1.84. The predicted molar refractivity (Wildman–Crippen MR) is 49.1 cm³/mol. The van der Waals surface area contributed by atoms with Gasteiger partial charge in [-0.15, -0.1) is 0 Å². The summed E-state index contributed by atoms with van der Waals surface area (Å²) in [5.74, 6) is -1.31. The molecule has 0 bridgehead atoms. The van der Waals surface area contributed by atoms with Gasteiger partial charge in [-0.05, 0) is 0 Å².